The summed E-state index contributed by atoms with van der Waals surface area (Å²) in [5.41, 5.74) is 6.73. The lowest BCUT2D eigenvalue weighted by Crippen LogP contribution is -2.45. The summed E-state index contributed by atoms with van der Waals surface area (Å²) in [6.45, 7) is 5.98. The summed E-state index contributed by atoms with van der Waals surface area (Å²) < 4.78 is 19.4. The average Bonchev–Trinajstić information content (AvgIpc) is 3.93. The highest BCUT2D eigenvalue weighted by Gasteiger charge is 2.36. The molecule has 0 unspecified atom stereocenters. The molecule has 0 bridgehead atoms. The molecule has 0 saturated carbocycles. The van der Waals surface area contributed by atoms with Gasteiger partial charge in [0.1, 0.15) is 11.5 Å². The lowest BCUT2D eigenvalue weighted by Gasteiger charge is -2.39. The number of para-hydroxylation sites is 1. The molecule has 0 spiro atoms. The molecule has 0 radical (unpaired) electrons. The van der Waals surface area contributed by atoms with Crippen molar-refractivity contribution in [3.05, 3.63) is 150 Å². The fourth-order valence-electron chi connectivity index (χ4n) is 8.21. The molecule has 3 aliphatic heterocycles. The number of hydrogen-bond donors (Lipinski definition) is 3. The van der Waals surface area contributed by atoms with Crippen LogP contribution in [0.1, 0.15) is 66.8 Å². The van der Waals surface area contributed by atoms with Gasteiger partial charge in [-0.3, -0.25) is 4.90 Å². The number of carbonyl (C=O) groups excluding carboxylic acids is 1. The van der Waals surface area contributed by atoms with Gasteiger partial charge in [0.05, 0.1) is 18.8 Å². The highest BCUT2D eigenvalue weighted by molar-refractivity contribution is 5.89. The van der Waals surface area contributed by atoms with E-state index < -0.39 is 6.29 Å². The number of hydrogen-bond acceptors (Lipinski definition) is 7. The molecule has 3 aliphatic rings. The molecular formula is C47H52N4O5. The Morgan fingerprint density at radius 3 is 2.25 bits per heavy atom. The number of aliphatic hydroxyl groups is 1. The van der Waals surface area contributed by atoms with Gasteiger partial charge in [-0.25, -0.2) is 4.79 Å². The standard InChI is InChI=1S/C47H52N4O5/c52-33-34-16-18-36(19-17-34)45-29-44(32-51-26-8-13-41(51)31-50-24-4-5-25-50)55-46(56-45)39-12-7-11-38(28-39)37-10-6-9-35(27-37)30-48-47(53)49-40-20-22-43(23-21-40)54-42-14-2-1-3-15-42/h1-3,6-7,9-12,14-23,27-28,41,44-46,52H,4-5,8,13,24-26,29-33H2,(H2,48,49,53)/t41-,44-,45+,46+/m0/s1. The molecule has 0 aromatic heterocycles. The smallest absolute Gasteiger partial charge is 0.319 e. The fraction of sp³-hybridized carbons (Fsp3) is 0.340. The Labute approximate surface area is 330 Å². The van der Waals surface area contributed by atoms with Crippen molar-refractivity contribution in [2.45, 2.75) is 69.8 Å². The molecule has 3 fully saturated rings. The Balaban J connectivity index is 0.922. The van der Waals surface area contributed by atoms with Crippen LogP contribution in [-0.4, -0.2) is 65.8 Å². The van der Waals surface area contributed by atoms with E-state index in [1.165, 1.54) is 38.8 Å². The first-order valence-electron chi connectivity index (χ1n) is 20.1. The number of anilines is 1. The summed E-state index contributed by atoms with van der Waals surface area (Å²) >= 11 is 0. The van der Waals surface area contributed by atoms with E-state index in [1.807, 2.05) is 78.9 Å². The van der Waals surface area contributed by atoms with Crippen molar-refractivity contribution >= 4 is 11.7 Å². The third kappa shape index (κ3) is 9.85. The molecule has 5 aromatic carbocycles. The molecule has 290 valence electrons. The van der Waals surface area contributed by atoms with Crippen LogP contribution in [0.4, 0.5) is 10.5 Å². The van der Waals surface area contributed by atoms with Crippen LogP contribution in [0.25, 0.3) is 11.1 Å². The van der Waals surface area contributed by atoms with Gasteiger partial charge in [0.25, 0.3) is 0 Å². The first kappa shape index (κ1) is 37.9. The number of aliphatic hydroxyl groups excluding tert-OH is 1. The molecule has 4 atom stereocenters. The average molecular weight is 753 g/mol. The van der Waals surface area contributed by atoms with Crippen LogP contribution in [0.5, 0.6) is 11.5 Å². The molecule has 9 heteroatoms. The summed E-state index contributed by atoms with van der Waals surface area (Å²) in [7, 11) is 0. The van der Waals surface area contributed by atoms with Gasteiger partial charge >= 0.3 is 6.03 Å². The Kier molecular flexibility index (Phi) is 12.4. The van der Waals surface area contributed by atoms with Gasteiger partial charge in [0, 0.05) is 43.3 Å². The quantitative estimate of drug-likeness (QED) is 0.111. The number of carbonyl (C=O) groups is 1. The highest BCUT2D eigenvalue weighted by Crippen LogP contribution is 2.40. The van der Waals surface area contributed by atoms with Crippen molar-refractivity contribution < 1.29 is 24.1 Å². The first-order valence-corrected chi connectivity index (χ1v) is 20.1. The van der Waals surface area contributed by atoms with Gasteiger partial charge in [-0.2, -0.15) is 0 Å². The molecule has 5 aromatic rings. The van der Waals surface area contributed by atoms with Crippen LogP contribution in [0, 0.1) is 0 Å². The number of ether oxygens (including phenoxy) is 3. The Hall–Kier alpha value is -5.03. The molecule has 0 aliphatic carbocycles. The van der Waals surface area contributed by atoms with Gasteiger partial charge in [0.15, 0.2) is 6.29 Å². The number of nitrogens with one attached hydrogen (secondary N) is 2. The van der Waals surface area contributed by atoms with Crippen molar-refractivity contribution in [2.24, 2.45) is 0 Å². The van der Waals surface area contributed by atoms with Crippen molar-refractivity contribution in [1.29, 1.82) is 0 Å². The number of amides is 2. The number of nitrogens with zero attached hydrogens (tertiary/aromatic N) is 2. The van der Waals surface area contributed by atoms with E-state index in [4.69, 9.17) is 14.2 Å². The minimum Gasteiger partial charge on any atom is -0.457 e. The minimum atomic E-state index is -0.525. The van der Waals surface area contributed by atoms with Crippen molar-refractivity contribution in [3.8, 4) is 22.6 Å². The predicted octanol–water partition coefficient (Wildman–Crippen LogP) is 9.07. The van der Waals surface area contributed by atoms with E-state index in [-0.39, 0.29) is 24.8 Å². The molecular weight excluding hydrogens is 701 g/mol. The second-order valence-corrected chi connectivity index (χ2v) is 15.2. The van der Waals surface area contributed by atoms with Gasteiger partial charge in [0.2, 0.25) is 0 Å². The summed E-state index contributed by atoms with van der Waals surface area (Å²) in [5, 5.41) is 15.6. The zero-order valence-electron chi connectivity index (χ0n) is 31.9. The van der Waals surface area contributed by atoms with Gasteiger partial charge < -0.3 is 34.9 Å². The van der Waals surface area contributed by atoms with Crippen LogP contribution in [0.2, 0.25) is 0 Å². The summed E-state index contributed by atoms with van der Waals surface area (Å²) in [6, 6.07) is 42.0. The maximum atomic E-state index is 12.8. The zero-order valence-corrected chi connectivity index (χ0v) is 31.9. The molecule has 9 nitrogen and oxygen atoms in total. The largest absolute Gasteiger partial charge is 0.457 e. The zero-order chi connectivity index (χ0) is 38.1. The van der Waals surface area contributed by atoms with E-state index in [2.05, 4.69) is 69.0 Å². The SMILES string of the molecule is O=C(NCc1cccc(-c2cccc([C@@H]3O[C@H](CN4CCC[C@H]4CN4CCCC4)C[C@H](c4ccc(CO)cc4)O3)c2)c1)Nc1ccc(Oc2ccccc2)cc1. The monoisotopic (exact) mass is 752 g/mol. The number of rotatable bonds is 13. The van der Waals surface area contributed by atoms with E-state index in [0.717, 1.165) is 65.2 Å². The molecule has 56 heavy (non-hydrogen) atoms. The summed E-state index contributed by atoms with van der Waals surface area (Å²) in [4.78, 5) is 18.1. The molecule has 3 saturated heterocycles. The first-order chi connectivity index (χ1) is 27.5. The van der Waals surface area contributed by atoms with Gasteiger partial charge in [-0.05, 0) is 122 Å². The van der Waals surface area contributed by atoms with E-state index in [0.29, 0.717) is 24.0 Å². The lowest BCUT2D eigenvalue weighted by molar-refractivity contribution is -0.253. The Bertz CT molecular complexity index is 2020. The van der Waals surface area contributed by atoms with Crippen molar-refractivity contribution in [2.75, 3.05) is 38.0 Å². The molecule has 3 N–H and O–H groups in total. The normalized spacial score (nSPS) is 21.5. The second kappa shape index (κ2) is 18.3. The number of urea groups is 1. The summed E-state index contributed by atoms with van der Waals surface area (Å²) in [6.07, 6.45) is 5.24. The minimum absolute atomic E-state index is 0.0141. The topological polar surface area (TPSA) is 95.5 Å². The van der Waals surface area contributed by atoms with Crippen LogP contribution >= 0.6 is 0 Å². The van der Waals surface area contributed by atoms with Gasteiger partial charge in [-0.1, -0.05) is 78.9 Å². The predicted molar refractivity (Wildman–Crippen MR) is 219 cm³/mol. The van der Waals surface area contributed by atoms with Gasteiger partial charge in [-0.15, -0.1) is 0 Å². The van der Waals surface area contributed by atoms with Crippen molar-refractivity contribution in [3.63, 3.8) is 0 Å². The van der Waals surface area contributed by atoms with E-state index >= 15 is 0 Å². The number of benzene rings is 5. The van der Waals surface area contributed by atoms with Crippen LogP contribution in [0.3, 0.4) is 0 Å². The maximum absolute atomic E-state index is 12.8. The second-order valence-electron chi connectivity index (χ2n) is 15.2. The summed E-state index contributed by atoms with van der Waals surface area (Å²) in [5.74, 6) is 1.45. The Morgan fingerprint density at radius 1 is 0.714 bits per heavy atom. The third-order valence-corrected chi connectivity index (χ3v) is 11.2. The fourth-order valence-corrected chi connectivity index (χ4v) is 8.21. The van der Waals surface area contributed by atoms with E-state index in [1.54, 1.807) is 0 Å². The van der Waals surface area contributed by atoms with Crippen LogP contribution < -0.4 is 15.4 Å². The highest BCUT2D eigenvalue weighted by atomic mass is 16.7. The number of likely N-dealkylation sites (tertiary alicyclic amines) is 2. The van der Waals surface area contributed by atoms with Crippen molar-refractivity contribution in [1.82, 2.24) is 15.1 Å². The molecule has 3 heterocycles. The van der Waals surface area contributed by atoms with Crippen LogP contribution in [-0.2, 0) is 22.6 Å². The van der Waals surface area contributed by atoms with E-state index in [9.17, 15) is 9.90 Å². The molecule has 8 rings (SSSR count). The lowest BCUT2D eigenvalue weighted by atomic mass is 9.98. The molecule has 2 amide bonds. The Morgan fingerprint density at radius 2 is 1.46 bits per heavy atom. The maximum Gasteiger partial charge on any atom is 0.319 e. The van der Waals surface area contributed by atoms with Crippen LogP contribution in [0.15, 0.2) is 127 Å². The third-order valence-electron chi connectivity index (χ3n) is 11.2.